The Morgan fingerprint density at radius 1 is 1.12 bits per heavy atom. The van der Waals surface area contributed by atoms with E-state index in [2.05, 4.69) is 39.0 Å². The summed E-state index contributed by atoms with van der Waals surface area (Å²) in [7, 11) is 0. The van der Waals surface area contributed by atoms with Gasteiger partial charge in [-0.1, -0.05) is 36.2 Å². The minimum absolute atomic E-state index is 0.452. The van der Waals surface area contributed by atoms with Crippen LogP contribution in [0.25, 0.3) is 0 Å². The van der Waals surface area contributed by atoms with Crippen molar-refractivity contribution < 1.29 is 5.11 Å². The van der Waals surface area contributed by atoms with E-state index in [1.54, 1.807) is 0 Å². The number of hydrogen-bond acceptors (Lipinski definition) is 1. The summed E-state index contributed by atoms with van der Waals surface area (Å²) >= 11 is 0. The van der Waals surface area contributed by atoms with E-state index in [-0.39, 0.29) is 0 Å². The van der Waals surface area contributed by atoms with Gasteiger partial charge in [-0.25, -0.2) is 0 Å². The van der Waals surface area contributed by atoms with E-state index in [1.807, 2.05) is 0 Å². The molecule has 1 nitrogen and oxygen atoms in total. The van der Waals surface area contributed by atoms with Gasteiger partial charge in [-0.15, -0.1) is 0 Å². The number of aryl methyl sites for hydroxylation is 2. The van der Waals surface area contributed by atoms with Crippen LogP contribution < -0.4 is 0 Å². The Bertz CT molecular complexity index is 366. The van der Waals surface area contributed by atoms with Gasteiger partial charge in [-0.3, -0.25) is 0 Å². The third kappa shape index (κ3) is 3.32. The summed E-state index contributed by atoms with van der Waals surface area (Å²) in [6.45, 7) is 6.55. The molecule has 1 aromatic rings. The Balaban J connectivity index is 2.09. The van der Waals surface area contributed by atoms with E-state index >= 15 is 0 Å². The van der Waals surface area contributed by atoms with E-state index in [4.69, 9.17) is 0 Å². The van der Waals surface area contributed by atoms with Gasteiger partial charge in [0.1, 0.15) is 0 Å². The van der Waals surface area contributed by atoms with Gasteiger partial charge in [-0.2, -0.15) is 0 Å². The topological polar surface area (TPSA) is 20.2 Å². The van der Waals surface area contributed by atoms with Crippen LogP contribution in [0.1, 0.15) is 49.3 Å². The molecule has 0 unspecified atom stereocenters. The maximum Gasteiger partial charge on any atom is 0.0688 e. The first-order valence-electron chi connectivity index (χ1n) is 6.76. The Morgan fingerprint density at radius 3 is 2.18 bits per heavy atom. The zero-order valence-electron chi connectivity index (χ0n) is 11.3. The van der Waals surface area contributed by atoms with Gasteiger partial charge in [0.15, 0.2) is 0 Å². The van der Waals surface area contributed by atoms with E-state index in [1.165, 1.54) is 29.5 Å². The van der Waals surface area contributed by atoms with Crippen molar-refractivity contribution in [3.8, 4) is 0 Å². The van der Waals surface area contributed by atoms with Gasteiger partial charge in [0.05, 0.1) is 5.60 Å². The highest BCUT2D eigenvalue weighted by Crippen LogP contribution is 2.34. The first-order chi connectivity index (χ1) is 7.97. The molecular formula is C16H24O. The van der Waals surface area contributed by atoms with Crippen molar-refractivity contribution in [3.05, 3.63) is 34.9 Å². The van der Waals surface area contributed by atoms with Crippen LogP contribution in [0, 0.1) is 19.8 Å². The second-order valence-corrected chi connectivity index (χ2v) is 6.08. The molecule has 0 radical (unpaired) electrons. The third-order valence-electron chi connectivity index (χ3n) is 4.02. The lowest BCUT2D eigenvalue weighted by atomic mass is 9.76. The lowest BCUT2D eigenvalue weighted by Crippen LogP contribution is -2.35. The molecule has 17 heavy (non-hydrogen) atoms. The molecule has 1 saturated carbocycles. The lowest BCUT2D eigenvalue weighted by molar-refractivity contribution is -0.00668. The maximum absolute atomic E-state index is 10.6. The molecule has 94 valence electrons. The van der Waals surface area contributed by atoms with Crippen LogP contribution >= 0.6 is 0 Å². The van der Waals surface area contributed by atoms with Crippen molar-refractivity contribution in [1.82, 2.24) is 0 Å². The van der Waals surface area contributed by atoms with Gasteiger partial charge >= 0.3 is 0 Å². The lowest BCUT2D eigenvalue weighted by Gasteiger charge is -2.35. The molecule has 0 aliphatic heterocycles. The molecule has 0 amide bonds. The van der Waals surface area contributed by atoms with Gasteiger partial charge in [0.25, 0.3) is 0 Å². The monoisotopic (exact) mass is 232 g/mol. The summed E-state index contributed by atoms with van der Waals surface area (Å²) in [5.74, 6) is 0.787. The zero-order valence-corrected chi connectivity index (χ0v) is 11.3. The first kappa shape index (κ1) is 12.6. The molecular weight excluding hydrogens is 208 g/mol. The summed E-state index contributed by atoms with van der Waals surface area (Å²) < 4.78 is 0. The molecule has 0 spiro atoms. The number of hydrogen-bond donors (Lipinski definition) is 1. The fraction of sp³-hybridized carbons (Fsp3) is 0.625. The largest absolute Gasteiger partial charge is 0.390 e. The molecule has 0 saturated heterocycles. The molecule has 0 heterocycles. The van der Waals surface area contributed by atoms with Crippen LogP contribution in [-0.2, 0) is 6.42 Å². The molecule has 1 aliphatic rings. The Morgan fingerprint density at radius 2 is 1.65 bits per heavy atom. The van der Waals surface area contributed by atoms with Crippen LogP contribution in [0.3, 0.4) is 0 Å². The normalized spacial score (nSPS) is 29.3. The standard InChI is InChI=1S/C16H24O/c1-12-4-6-16(17,7-5-12)11-15-9-13(2)8-14(3)10-15/h8-10,12,17H,4-7,11H2,1-3H3. The zero-order chi connectivity index (χ0) is 12.5. The predicted molar refractivity (Wildman–Crippen MR) is 72.2 cm³/mol. The Labute approximate surface area is 105 Å². The smallest absolute Gasteiger partial charge is 0.0688 e. The Kier molecular flexibility index (Phi) is 3.58. The molecule has 1 N–H and O–H groups in total. The Hall–Kier alpha value is -0.820. The van der Waals surface area contributed by atoms with Gasteiger partial charge in [0.2, 0.25) is 0 Å². The second kappa shape index (κ2) is 4.81. The summed E-state index contributed by atoms with van der Waals surface area (Å²) in [5.41, 5.74) is 3.44. The summed E-state index contributed by atoms with van der Waals surface area (Å²) in [6.07, 6.45) is 5.08. The third-order valence-corrected chi connectivity index (χ3v) is 4.02. The SMILES string of the molecule is Cc1cc(C)cc(CC2(O)CCC(C)CC2)c1. The van der Waals surface area contributed by atoms with E-state index < -0.39 is 5.60 Å². The average Bonchev–Trinajstić information content (AvgIpc) is 2.21. The summed E-state index contributed by atoms with van der Waals surface area (Å²) in [4.78, 5) is 0. The van der Waals surface area contributed by atoms with Crippen molar-refractivity contribution in [1.29, 1.82) is 0 Å². The van der Waals surface area contributed by atoms with Gasteiger partial charge < -0.3 is 5.11 Å². The van der Waals surface area contributed by atoms with Crippen LogP contribution in [0.4, 0.5) is 0 Å². The fourth-order valence-electron chi connectivity index (χ4n) is 3.03. The fourth-order valence-corrected chi connectivity index (χ4v) is 3.03. The first-order valence-corrected chi connectivity index (χ1v) is 6.76. The maximum atomic E-state index is 10.6. The summed E-state index contributed by atoms with van der Waals surface area (Å²) in [6, 6.07) is 6.61. The number of aliphatic hydroxyl groups is 1. The van der Waals surface area contributed by atoms with Crippen molar-refractivity contribution >= 4 is 0 Å². The summed E-state index contributed by atoms with van der Waals surface area (Å²) in [5, 5.41) is 10.6. The van der Waals surface area contributed by atoms with Crippen LogP contribution in [0.15, 0.2) is 18.2 Å². The van der Waals surface area contributed by atoms with Gasteiger partial charge in [-0.05, 0) is 51.0 Å². The van der Waals surface area contributed by atoms with Crippen molar-refractivity contribution in [2.45, 2.75) is 58.5 Å². The molecule has 0 aromatic heterocycles. The predicted octanol–water partition coefficient (Wildman–Crippen LogP) is 3.79. The molecule has 1 aliphatic carbocycles. The van der Waals surface area contributed by atoms with Crippen molar-refractivity contribution in [3.63, 3.8) is 0 Å². The quantitative estimate of drug-likeness (QED) is 0.822. The highest BCUT2D eigenvalue weighted by molar-refractivity contribution is 5.29. The molecule has 0 atom stereocenters. The van der Waals surface area contributed by atoms with Crippen LogP contribution in [0.5, 0.6) is 0 Å². The van der Waals surface area contributed by atoms with Crippen LogP contribution in [-0.4, -0.2) is 10.7 Å². The molecule has 2 rings (SSSR count). The van der Waals surface area contributed by atoms with Crippen LogP contribution in [0.2, 0.25) is 0 Å². The minimum atomic E-state index is -0.452. The molecule has 1 fully saturated rings. The second-order valence-electron chi connectivity index (χ2n) is 6.08. The van der Waals surface area contributed by atoms with Crippen molar-refractivity contribution in [2.75, 3.05) is 0 Å². The van der Waals surface area contributed by atoms with E-state index in [0.29, 0.717) is 0 Å². The van der Waals surface area contributed by atoms with E-state index in [9.17, 15) is 5.11 Å². The van der Waals surface area contributed by atoms with Crippen molar-refractivity contribution in [2.24, 2.45) is 5.92 Å². The highest BCUT2D eigenvalue weighted by Gasteiger charge is 2.31. The van der Waals surface area contributed by atoms with Gasteiger partial charge in [0, 0.05) is 6.42 Å². The minimum Gasteiger partial charge on any atom is -0.390 e. The molecule has 1 heteroatoms. The molecule has 0 bridgehead atoms. The number of benzene rings is 1. The highest BCUT2D eigenvalue weighted by atomic mass is 16.3. The van der Waals surface area contributed by atoms with E-state index in [0.717, 1.165) is 25.2 Å². The number of rotatable bonds is 2. The average molecular weight is 232 g/mol. The molecule has 1 aromatic carbocycles.